The molecule has 0 fully saturated rings. The maximum absolute atomic E-state index is 12.9. The Morgan fingerprint density at radius 2 is 2.00 bits per heavy atom. The highest BCUT2D eigenvalue weighted by molar-refractivity contribution is 9.10. The lowest BCUT2D eigenvalue weighted by molar-refractivity contribution is -0.138. The number of ketones is 1. The first kappa shape index (κ1) is 15.0. The number of benzene rings is 1. The number of halogens is 1. The maximum atomic E-state index is 12.9. The van der Waals surface area contributed by atoms with E-state index in [1.54, 1.807) is 6.07 Å². The fraction of sp³-hybridized carbons (Fsp3) is 0.294. The van der Waals surface area contributed by atoms with E-state index < -0.39 is 11.9 Å². The molecule has 1 aliphatic heterocycles. The molecule has 0 saturated heterocycles. The molecular formula is C17H16BrNO3. The van der Waals surface area contributed by atoms with Gasteiger partial charge in [0.25, 0.3) is 0 Å². The van der Waals surface area contributed by atoms with E-state index in [-0.39, 0.29) is 5.78 Å². The van der Waals surface area contributed by atoms with Gasteiger partial charge in [-0.3, -0.25) is 9.59 Å². The fourth-order valence-electron chi connectivity index (χ4n) is 3.15. The zero-order valence-electron chi connectivity index (χ0n) is 12.4. The second kappa shape index (κ2) is 5.39. The number of fused-ring (bicyclic) bond motifs is 1. The molecule has 0 aliphatic carbocycles. The molecule has 114 valence electrons. The Labute approximate surface area is 136 Å². The molecule has 0 saturated carbocycles. The third-order valence-corrected chi connectivity index (χ3v) is 4.83. The van der Waals surface area contributed by atoms with Gasteiger partial charge >= 0.3 is 5.97 Å². The summed E-state index contributed by atoms with van der Waals surface area (Å²) in [5, 5.41) is 9.28. The zero-order chi connectivity index (χ0) is 16.0. The number of carboxylic acid groups (broad SMARTS) is 1. The standard InChI is InChI=1S/C17H16BrNO3/c1-9-3-4-11(10(2)7-9)16(20)15-13(18)8-14-12(17(21)22)5-6-19(14)15/h3-4,7-8,12H,5-6H2,1-2H3,(H,21,22). The lowest BCUT2D eigenvalue weighted by atomic mass is 10.0. The van der Waals surface area contributed by atoms with Crippen molar-refractivity contribution in [1.29, 1.82) is 0 Å². The first-order valence-corrected chi connectivity index (χ1v) is 7.93. The van der Waals surface area contributed by atoms with E-state index in [0.717, 1.165) is 11.1 Å². The Kier molecular flexibility index (Phi) is 3.68. The van der Waals surface area contributed by atoms with Gasteiger partial charge in [0.2, 0.25) is 5.78 Å². The van der Waals surface area contributed by atoms with Crippen molar-refractivity contribution in [2.24, 2.45) is 0 Å². The molecule has 4 nitrogen and oxygen atoms in total. The Bertz CT molecular complexity index is 791. The second-order valence-corrected chi connectivity index (χ2v) is 6.60. The number of hydrogen-bond donors (Lipinski definition) is 1. The van der Waals surface area contributed by atoms with Gasteiger partial charge in [0.1, 0.15) is 5.69 Å². The van der Waals surface area contributed by atoms with Crippen molar-refractivity contribution in [2.45, 2.75) is 32.7 Å². The predicted molar refractivity (Wildman–Crippen MR) is 86.5 cm³/mol. The summed E-state index contributed by atoms with van der Waals surface area (Å²) in [5.41, 5.74) is 3.95. The maximum Gasteiger partial charge on any atom is 0.312 e. The number of carboxylic acids is 1. The number of aliphatic carboxylic acids is 1. The minimum atomic E-state index is -0.839. The highest BCUT2D eigenvalue weighted by Gasteiger charge is 2.34. The van der Waals surface area contributed by atoms with Crippen LogP contribution >= 0.6 is 15.9 Å². The van der Waals surface area contributed by atoms with Crippen LogP contribution in [0, 0.1) is 13.8 Å². The third-order valence-electron chi connectivity index (χ3n) is 4.22. The number of hydrogen-bond acceptors (Lipinski definition) is 2. The largest absolute Gasteiger partial charge is 0.481 e. The van der Waals surface area contributed by atoms with Gasteiger partial charge in [-0.2, -0.15) is 0 Å². The summed E-state index contributed by atoms with van der Waals surface area (Å²) < 4.78 is 2.50. The number of nitrogens with zero attached hydrogens (tertiary/aromatic N) is 1. The van der Waals surface area contributed by atoms with Crippen molar-refractivity contribution >= 4 is 27.7 Å². The SMILES string of the molecule is Cc1ccc(C(=O)c2c(Br)cc3n2CCC3C(=O)O)c(C)c1. The van der Waals surface area contributed by atoms with Gasteiger partial charge in [0.05, 0.1) is 5.92 Å². The van der Waals surface area contributed by atoms with Crippen molar-refractivity contribution in [3.8, 4) is 0 Å². The number of aryl methyl sites for hydroxylation is 2. The van der Waals surface area contributed by atoms with Crippen LogP contribution in [0.1, 0.15) is 45.2 Å². The average molecular weight is 362 g/mol. The predicted octanol–water partition coefficient (Wildman–Crippen LogP) is 3.67. The molecule has 22 heavy (non-hydrogen) atoms. The van der Waals surface area contributed by atoms with Crippen molar-refractivity contribution in [2.75, 3.05) is 0 Å². The van der Waals surface area contributed by atoms with E-state index >= 15 is 0 Å². The Balaban J connectivity index is 2.08. The summed E-state index contributed by atoms with van der Waals surface area (Å²) in [6.07, 6.45) is 0.533. The summed E-state index contributed by atoms with van der Waals surface area (Å²) in [7, 11) is 0. The summed E-state index contributed by atoms with van der Waals surface area (Å²) in [6.45, 7) is 4.47. The third kappa shape index (κ3) is 2.29. The van der Waals surface area contributed by atoms with Crippen molar-refractivity contribution in [1.82, 2.24) is 4.57 Å². The first-order chi connectivity index (χ1) is 10.4. The zero-order valence-corrected chi connectivity index (χ0v) is 14.0. The molecule has 2 aromatic rings. The van der Waals surface area contributed by atoms with E-state index in [0.29, 0.717) is 34.4 Å². The number of rotatable bonds is 3. The molecule has 0 spiro atoms. The van der Waals surface area contributed by atoms with E-state index in [1.807, 2.05) is 36.6 Å². The normalized spacial score (nSPS) is 16.6. The van der Waals surface area contributed by atoms with Crippen LogP contribution in [0.5, 0.6) is 0 Å². The Morgan fingerprint density at radius 3 is 2.64 bits per heavy atom. The molecule has 0 radical (unpaired) electrons. The van der Waals surface area contributed by atoms with Gasteiger partial charge in [-0.15, -0.1) is 0 Å². The summed E-state index contributed by atoms with van der Waals surface area (Å²) in [6, 6.07) is 7.50. The topological polar surface area (TPSA) is 59.3 Å². The van der Waals surface area contributed by atoms with Crippen molar-refractivity contribution in [3.05, 3.63) is 56.8 Å². The van der Waals surface area contributed by atoms with Crippen LogP contribution in [-0.4, -0.2) is 21.4 Å². The lowest BCUT2D eigenvalue weighted by Crippen LogP contribution is -2.11. The van der Waals surface area contributed by atoms with Crippen molar-refractivity contribution < 1.29 is 14.7 Å². The first-order valence-electron chi connectivity index (χ1n) is 7.14. The Morgan fingerprint density at radius 1 is 1.27 bits per heavy atom. The molecule has 0 bridgehead atoms. The smallest absolute Gasteiger partial charge is 0.312 e. The van der Waals surface area contributed by atoms with E-state index in [4.69, 9.17) is 0 Å². The van der Waals surface area contributed by atoms with Crippen LogP contribution < -0.4 is 0 Å². The lowest BCUT2D eigenvalue weighted by Gasteiger charge is -2.09. The number of aromatic nitrogens is 1. The summed E-state index contributed by atoms with van der Waals surface area (Å²) in [5.74, 6) is -1.44. The van der Waals surface area contributed by atoms with Crippen LogP contribution in [-0.2, 0) is 11.3 Å². The molecule has 1 N–H and O–H groups in total. The van der Waals surface area contributed by atoms with Gasteiger partial charge in [0, 0.05) is 22.3 Å². The van der Waals surface area contributed by atoms with Gasteiger partial charge in [0.15, 0.2) is 0 Å². The van der Waals surface area contributed by atoms with E-state index in [9.17, 15) is 14.7 Å². The minimum absolute atomic E-state index is 0.0679. The van der Waals surface area contributed by atoms with Crippen LogP contribution in [0.4, 0.5) is 0 Å². The highest BCUT2D eigenvalue weighted by Crippen LogP contribution is 2.36. The number of carbonyl (C=O) groups excluding carboxylic acids is 1. The van der Waals surface area contributed by atoms with Gasteiger partial charge in [-0.25, -0.2) is 0 Å². The van der Waals surface area contributed by atoms with Crippen LogP contribution in [0.25, 0.3) is 0 Å². The van der Waals surface area contributed by atoms with Crippen LogP contribution in [0.15, 0.2) is 28.7 Å². The molecular weight excluding hydrogens is 346 g/mol. The fourth-order valence-corrected chi connectivity index (χ4v) is 3.78. The Hall–Kier alpha value is -1.88. The van der Waals surface area contributed by atoms with Gasteiger partial charge in [-0.1, -0.05) is 23.8 Å². The molecule has 5 heteroatoms. The van der Waals surface area contributed by atoms with Gasteiger partial charge in [-0.05, 0) is 47.8 Å². The molecule has 1 aromatic heterocycles. The molecule has 1 aromatic carbocycles. The summed E-state index contributed by atoms with van der Waals surface area (Å²) in [4.78, 5) is 24.2. The number of carbonyl (C=O) groups is 2. The molecule has 1 unspecified atom stereocenters. The quantitative estimate of drug-likeness (QED) is 0.848. The molecule has 1 atom stereocenters. The average Bonchev–Trinajstić information content (AvgIpc) is 2.95. The minimum Gasteiger partial charge on any atom is -0.481 e. The van der Waals surface area contributed by atoms with Crippen LogP contribution in [0.2, 0.25) is 0 Å². The van der Waals surface area contributed by atoms with E-state index in [1.165, 1.54) is 0 Å². The van der Waals surface area contributed by atoms with Crippen molar-refractivity contribution in [3.63, 3.8) is 0 Å². The van der Waals surface area contributed by atoms with Crippen LogP contribution in [0.3, 0.4) is 0 Å². The molecule has 2 heterocycles. The monoisotopic (exact) mass is 361 g/mol. The molecule has 3 rings (SSSR count). The van der Waals surface area contributed by atoms with E-state index in [2.05, 4.69) is 15.9 Å². The highest BCUT2D eigenvalue weighted by atomic mass is 79.9. The van der Waals surface area contributed by atoms with Gasteiger partial charge < -0.3 is 9.67 Å². The second-order valence-electron chi connectivity index (χ2n) is 5.74. The molecule has 0 amide bonds. The summed E-state index contributed by atoms with van der Waals surface area (Å²) >= 11 is 3.42. The molecule has 1 aliphatic rings.